The average Bonchev–Trinajstić information content (AvgIpc) is 2.03. The number of quaternary nitrogens is 1. The Hall–Kier alpha value is -0.630. The third-order valence-electron chi connectivity index (χ3n) is 2.61. The Morgan fingerprint density at radius 2 is 2.00 bits per heavy atom. The molecule has 2 nitrogen and oxygen atoms in total. The minimum absolute atomic E-state index is 0.0613. The van der Waals surface area contributed by atoms with Crippen molar-refractivity contribution >= 4 is 5.78 Å². The van der Waals surface area contributed by atoms with Crippen LogP contribution in [0.1, 0.15) is 20.8 Å². The molecular weight excluding hydrogens is 150 g/mol. The molecule has 0 aromatic rings. The zero-order valence-corrected chi connectivity index (χ0v) is 8.79. The maximum absolute atomic E-state index is 11.4. The van der Waals surface area contributed by atoms with Crippen molar-refractivity contribution < 1.29 is 9.28 Å². The molecule has 0 amide bonds. The number of rotatable bonds is 4. The Balaban J connectivity index is 4.37. The van der Waals surface area contributed by atoms with Crippen molar-refractivity contribution in [3.63, 3.8) is 0 Å². The summed E-state index contributed by atoms with van der Waals surface area (Å²) in [5.41, 5.74) is 0. The second kappa shape index (κ2) is 4.41. The highest BCUT2D eigenvalue weighted by atomic mass is 16.1. The highest BCUT2D eigenvalue weighted by Crippen LogP contribution is 2.07. The van der Waals surface area contributed by atoms with Crippen molar-refractivity contribution in [3.05, 3.63) is 12.2 Å². The highest BCUT2D eigenvalue weighted by Gasteiger charge is 2.26. The van der Waals surface area contributed by atoms with E-state index in [1.165, 1.54) is 0 Å². The Morgan fingerprint density at radius 3 is 2.33 bits per heavy atom. The smallest absolute Gasteiger partial charge is 0.212 e. The van der Waals surface area contributed by atoms with E-state index < -0.39 is 0 Å². The number of hydrogen-bond acceptors (Lipinski definition) is 1. The third kappa shape index (κ3) is 2.78. The van der Waals surface area contributed by atoms with Crippen LogP contribution in [-0.4, -0.2) is 36.9 Å². The van der Waals surface area contributed by atoms with Crippen LogP contribution in [0.25, 0.3) is 0 Å². The predicted molar refractivity (Wildman–Crippen MR) is 51.9 cm³/mol. The molecule has 1 atom stereocenters. The summed E-state index contributed by atoms with van der Waals surface area (Å²) in [7, 11) is 4.15. The SMILES string of the molecule is CC=CC(=O)C(C)[N+](C)(C)CC. The fraction of sp³-hybridized carbons (Fsp3) is 0.700. The van der Waals surface area contributed by atoms with Gasteiger partial charge in [0, 0.05) is 0 Å². The quantitative estimate of drug-likeness (QED) is 0.463. The highest BCUT2D eigenvalue weighted by molar-refractivity contribution is 5.93. The van der Waals surface area contributed by atoms with Gasteiger partial charge in [-0.15, -0.1) is 0 Å². The molecule has 0 saturated carbocycles. The van der Waals surface area contributed by atoms with E-state index in [9.17, 15) is 4.79 Å². The lowest BCUT2D eigenvalue weighted by Crippen LogP contribution is -2.50. The number of nitrogens with zero attached hydrogens (tertiary/aromatic N) is 1. The van der Waals surface area contributed by atoms with Crippen molar-refractivity contribution in [2.75, 3.05) is 20.6 Å². The fourth-order valence-corrected chi connectivity index (χ4v) is 0.922. The first-order valence-electron chi connectivity index (χ1n) is 4.45. The topological polar surface area (TPSA) is 17.1 Å². The largest absolute Gasteiger partial charge is 0.320 e. The van der Waals surface area contributed by atoms with Crippen molar-refractivity contribution in [1.82, 2.24) is 0 Å². The molecule has 2 heteroatoms. The van der Waals surface area contributed by atoms with E-state index >= 15 is 0 Å². The fourth-order valence-electron chi connectivity index (χ4n) is 0.922. The van der Waals surface area contributed by atoms with Crippen molar-refractivity contribution in [3.8, 4) is 0 Å². The van der Waals surface area contributed by atoms with E-state index in [-0.39, 0.29) is 11.8 Å². The molecule has 0 aliphatic carbocycles. The first-order valence-corrected chi connectivity index (χ1v) is 4.45. The van der Waals surface area contributed by atoms with Gasteiger partial charge in [0.2, 0.25) is 5.78 Å². The van der Waals surface area contributed by atoms with Gasteiger partial charge >= 0.3 is 0 Å². The van der Waals surface area contributed by atoms with Crippen LogP contribution < -0.4 is 0 Å². The molecule has 0 radical (unpaired) electrons. The van der Waals surface area contributed by atoms with E-state index in [1.54, 1.807) is 12.2 Å². The second-order valence-corrected chi connectivity index (χ2v) is 3.67. The van der Waals surface area contributed by atoms with E-state index in [2.05, 4.69) is 21.0 Å². The molecule has 1 unspecified atom stereocenters. The molecular formula is C10H20NO+. The molecule has 0 bridgehead atoms. The molecule has 70 valence electrons. The molecule has 0 rings (SSSR count). The second-order valence-electron chi connectivity index (χ2n) is 3.67. The minimum Gasteiger partial charge on any atom is -0.320 e. The van der Waals surface area contributed by atoms with Crippen LogP contribution in [0.3, 0.4) is 0 Å². The standard InChI is InChI=1S/C10H20NO/c1-6-8-10(12)9(3)11(4,5)7-2/h6,8-9H,7H2,1-5H3/q+1. The Kier molecular flexibility index (Phi) is 4.18. The van der Waals surface area contributed by atoms with Crippen LogP contribution in [0.4, 0.5) is 0 Å². The maximum atomic E-state index is 11.4. The van der Waals surface area contributed by atoms with E-state index in [0.29, 0.717) is 0 Å². The lowest BCUT2D eigenvalue weighted by atomic mass is 10.1. The molecule has 0 saturated heterocycles. The van der Waals surface area contributed by atoms with Gasteiger partial charge in [-0.1, -0.05) is 6.08 Å². The Labute approximate surface area is 75.5 Å². The lowest BCUT2D eigenvalue weighted by molar-refractivity contribution is -0.901. The van der Waals surface area contributed by atoms with Crippen LogP contribution in [0, 0.1) is 0 Å². The van der Waals surface area contributed by atoms with E-state index in [1.807, 2.05) is 13.8 Å². The summed E-state index contributed by atoms with van der Waals surface area (Å²) in [6, 6.07) is 0.0613. The van der Waals surface area contributed by atoms with Crippen molar-refractivity contribution in [2.45, 2.75) is 26.8 Å². The van der Waals surface area contributed by atoms with Gasteiger partial charge in [-0.3, -0.25) is 4.79 Å². The number of ketones is 1. The molecule has 0 aliphatic heterocycles. The first-order chi connectivity index (χ1) is 5.45. The molecule has 0 spiro atoms. The van der Waals surface area contributed by atoms with Gasteiger partial charge in [0.15, 0.2) is 0 Å². The van der Waals surface area contributed by atoms with Crippen molar-refractivity contribution in [1.29, 1.82) is 0 Å². The summed E-state index contributed by atoms with van der Waals surface area (Å²) in [5, 5.41) is 0. The number of carbonyl (C=O) groups excluding carboxylic acids is 1. The van der Waals surface area contributed by atoms with Crippen molar-refractivity contribution in [2.24, 2.45) is 0 Å². The van der Waals surface area contributed by atoms with Gasteiger partial charge in [-0.2, -0.15) is 0 Å². The van der Waals surface area contributed by atoms with Gasteiger partial charge in [0.25, 0.3) is 0 Å². The number of allylic oxidation sites excluding steroid dienone is 1. The summed E-state index contributed by atoms with van der Waals surface area (Å²) in [4.78, 5) is 11.4. The summed E-state index contributed by atoms with van der Waals surface area (Å²) in [5.74, 6) is 0.212. The van der Waals surface area contributed by atoms with Gasteiger partial charge in [0.05, 0.1) is 20.6 Å². The van der Waals surface area contributed by atoms with Gasteiger partial charge in [0.1, 0.15) is 6.04 Å². The lowest BCUT2D eigenvalue weighted by Gasteiger charge is -2.33. The molecule has 0 fully saturated rings. The van der Waals surface area contributed by atoms with Gasteiger partial charge in [-0.05, 0) is 26.8 Å². The van der Waals surface area contributed by atoms with Gasteiger partial charge < -0.3 is 4.48 Å². The molecule has 0 heterocycles. The average molecular weight is 170 g/mol. The van der Waals surface area contributed by atoms with E-state index in [0.717, 1.165) is 11.0 Å². The summed E-state index contributed by atoms with van der Waals surface area (Å²) in [6.45, 7) is 6.92. The van der Waals surface area contributed by atoms with Crippen LogP contribution in [0.2, 0.25) is 0 Å². The van der Waals surface area contributed by atoms with Crippen LogP contribution in [-0.2, 0) is 4.79 Å². The van der Waals surface area contributed by atoms with Crippen LogP contribution in [0.5, 0.6) is 0 Å². The molecule has 12 heavy (non-hydrogen) atoms. The molecule has 0 aliphatic rings. The zero-order valence-electron chi connectivity index (χ0n) is 8.79. The summed E-state index contributed by atoms with van der Waals surface area (Å²) >= 11 is 0. The summed E-state index contributed by atoms with van der Waals surface area (Å²) < 4.78 is 0.753. The summed E-state index contributed by atoms with van der Waals surface area (Å²) in [6.07, 6.45) is 3.45. The number of likely N-dealkylation sites (N-methyl/N-ethyl adjacent to an activating group) is 1. The number of hydrogen-bond donors (Lipinski definition) is 0. The maximum Gasteiger partial charge on any atom is 0.212 e. The molecule has 0 aromatic carbocycles. The monoisotopic (exact) mass is 170 g/mol. The normalized spacial score (nSPS) is 15.1. The zero-order chi connectivity index (χ0) is 9.78. The Bertz CT molecular complexity index is 182. The predicted octanol–water partition coefficient (Wildman–Crippen LogP) is 1.62. The van der Waals surface area contributed by atoms with Crippen LogP contribution >= 0.6 is 0 Å². The van der Waals surface area contributed by atoms with Gasteiger partial charge in [-0.25, -0.2) is 0 Å². The minimum atomic E-state index is 0.0613. The van der Waals surface area contributed by atoms with Crippen LogP contribution in [0.15, 0.2) is 12.2 Å². The Morgan fingerprint density at radius 1 is 1.50 bits per heavy atom. The third-order valence-corrected chi connectivity index (χ3v) is 2.61. The first kappa shape index (κ1) is 11.4. The molecule has 0 aromatic heterocycles. The molecule has 0 N–H and O–H groups in total. The van der Waals surface area contributed by atoms with E-state index in [4.69, 9.17) is 0 Å². The number of carbonyl (C=O) groups is 1.